The second kappa shape index (κ2) is 8.79. The van der Waals surface area contributed by atoms with Gasteiger partial charge in [0.15, 0.2) is 0 Å². The number of rotatable bonds is 7. The summed E-state index contributed by atoms with van der Waals surface area (Å²) in [7, 11) is 1.43. The number of methoxy groups -OCH3 is 1. The highest BCUT2D eigenvalue weighted by Gasteiger charge is 1.99. The molecule has 0 radical (unpaired) electrons. The van der Waals surface area contributed by atoms with Gasteiger partial charge in [-0.2, -0.15) is 0 Å². The van der Waals surface area contributed by atoms with Crippen LogP contribution in [-0.2, 0) is 9.53 Å². The summed E-state index contributed by atoms with van der Waals surface area (Å²) in [6, 6.07) is 0. The molecule has 2 heteroatoms. The third-order valence-corrected chi connectivity index (χ3v) is 2.20. The summed E-state index contributed by atoms with van der Waals surface area (Å²) in [5.41, 5.74) is 1.12. The first kappa shape index (κ1) is 13.2. The van der Waals surface area contributed by atoms with E-state index in [9.17, 15) is 4.79 Å². The molecule has 0 aromatic heterocycles. The van der Waals surface area contributed by atoms with Gasteiger partial charge in [-0.1, -0.05) is 37.8 Å². The fraction of sp³-hybridized carbons (Fsp3) is 0.750. The van der Waals surface area contributed by atoms with Crippen LogP contribution in [0.5, 0.6) is 0 Å². The Morgan fingerprint density at radius 2 is 2.00 bits per heavy atom. The van der Waals surface area contributed by atoms with Crippen molar-refractivity contribution in [2.75, 3.05) is 7.11 Å². The van der Waals surface area contributed by atoms with E-state index in [2.05, 4.69) is 17.7 Å². The summed E-state index contributed by atoms with van der Waals surface area (Å²) < 4.78 is 4.59. The molecule has 0 atom stereocenters. The van der Waals surface area contributed by atoms with Crippen molar-refractivity contribution < 1.29 is 9.53 Å². The number of carbonyl (C=O) groups excluding carboxylic acids is 1. The third kappa shape index (κ3) is 7.84. The molecular weight excluding hydrogens is 176 g/mol. The number of esters is 1. The highest BCUT2D eigenvalue weighted by atomic mass is 16.5. The monoisotopic (exact) mass is 198 g/mol. The first-order valence-electron chi connectivity index (χ1n) is 5.43. The maximum atomic E-state index is 10.9. The van der Waals surface area contributed by atoms with Crippen LogP contribution in [0.3, 0.4) is 0 Å². The number of allylic oxidation sites excluding steroid dienone is 1. The lowest BCUT2D eigenvalue weighted by Gasteiger charge is -2.00. The van der Waals surface area contributed by atoms with Crippen LogP contribution in [0.2, 0.25) is 0 Å². The SMILES string of the molecule is CCCCCCC=C(C)CC(=O)OC. The van der Waals surface area contributed by atoms with Crippen molar-refractivity contribution in [2.24, 2.45) is 0 Å². The fourth-order valence-corrected chi connectivity index (χ4v) is 1.29. The minimum absolute atomic E-state index is 0.146. The summed E-state index contributed by atoms with van der Waals surface area (Å²) in [5.74, 6) is -0.146. The van der Waals surface area contributed by atoms with Gasteiger partial charge in [0.1, 0.15) is 0 Å². The van der Waals surface area contributed by atoms with E-state index < -0.39 is 0 Å². The van der Waals surface area contributed by atoms with Crippen LogP contribution in [0.25, 0.3) is 0 Å². The topological polar surface area (TPSA) is 26.3 Å². The zero-order valence-electron chi connectivity index (χ0n) is 9.64. The van der Waals surface area contributed by atoms with Crippen molar-refractivity contribution in [3.8, 4) is 0 Å². The lowest BCUT2D eigenvalue weighted by atomic mass is 10.1. The number of ether oxygens (including phenoxy) is 1. The highest BCUT2D eigenvalue weighted by molar-refractivity contribution is 5.71. The number of hydrogen-bond donors (Lipinski definition) is 0. The molecule has 0 bridgehead atoms. The van der Waals surface area contributed by atoms with Gasteiger partial charge in [-0.25, -0.2) is 0 Å². The van der Waals surface area contributed by atoms with E-state index in [4.69, 9.17) is 0 Å². The normalized spacial score (nSPS) is 11.5. The molecule has 0 aliphatic carbocycles. The maximum absolute atomic E-state index is 10.9. The Balaban J connectivity index is 3.51. The Kier molecular flexibility index (Phi) is 8.30. The summed E-state index contributed by atoms with van der Waals surface area (Å²) in [4.78, 5) is 10.9. The lowest BCUT2D eigenvalue weighted by Crippen LogP contribution is -2.00. The number of carbonyl (C=O) groups is 1. The van der Waals surface area contributed by atoms with Gasteiger partial charge in [-0.05, 0) is 19.8 Å². The molecule has 0 aromatic rings. The number of unbranched alkanes of at least 4 members (excludes halogenated alkanes) is 4. The molecule has 0 aromatic carbocycles. The maximum Gasteiger partial charge on any atom is 0.309 e. The van der Waals surface area contributed by atoms with Gasteiger partial charge in [0.05, 0.1) is 13.5 Å². The second-order valence-electron chi connectivity index (χ2n) is 3.65. The van der Waals surface area contributed by atoms with Crippen molar-refractivity contribution in [1.29, 1.82) is 0 Å². The highest BCUT2D eigenvalue weighted by Crippen LogP contribution is 2.07. The van der Waals surface area contributed by atoms with Crippen LogP contribution in [0.15, 0.2) is 11.6 Å². The van der Waals surface area contributed by atoms with Crippen molar-refractivity contribution in [3.63, 3.8) is 0 Å². The molecule has 0 heterocycles. The van der Waals surface area contributed by atoms with Gasteiger partial charge in [-0.15, -0.1) is 0 Å². The minimum atomic E-state index is -0.146. The minimum Gasteiger partial charge on any atom is -0.469 e. The Hall–Kier alpha value is -0.790. The van der Waals surface area contributed by atoms with Gasteiger partial charge < -0.3 is 4.74 Å². The van der Waals surface area contributed by atoms with E-state index in [1.807, 2.05) is 6.92 Å². The first-order valence-corrected chi connectivity index (χ1v) is 5.43. The standard InChI is InChI=1S/C12H22O2/c1-4-5-6-7-8-9-11(2)10-12(13)14-3/h9H,4-8,10H2,1-3H3. The summed E-state index contributed by atoms with van der Waals surface area (Å²) in [5, 5.41) is 0. The Labute approximate surface area is 87.3 Å². The molecule has 0 fully saturated rings. The smallest absolute Gasteiger partial charge is 0.309 e. The predicted octanol–water partition coefficient (Wildman–Crippen LogP) is 3.47. The molecule has 0 spiro atoms. The molecule has 0 rings (SSSR count). The van der Waals surface area contributed by atoms with Crippen molar-refractivity contribution in [1.82, 2.24) is 0 Å². The van der Waals surface area contributed by atoms with E-state index in [-0.39, 0.29) is 5.97 Å². The fourth-order valence-electron chi connectivity index (χ4n) is 1.29. The molecule has 14 heavy (non-hydrogen) atoms. The van der Waals surface area contributed by atoms with Crippen LogP contribution in [-0.4, -0.2) is 13.1 Å². The lowest BCUT2D eigenvalue weighted by molar-refractivity contribution is -0.139. The quantitative estimate of drug-likeness (QED) is 0.356. The van der Waals surface area contributed by atoms with Crippen LogP contribution >= 0.6 is 0 Å². The Morgan fingerprint density at radius 1 is 1.29 bits per heavy atom. The average molecular weight is 198 g/mol. The van der Waals surface area contributed by atoms with Gasteiger partial charge in [0.25, 0.3) is 0 Å². The van der Waals surface area contributed by atoms with Gasteiger partial charge in [0, 0.05) is 0 Å². The molecule has 0 amide bonds. The second-order valence-corrected chi connectivity index (χ2v) is 3.65. The molecule has 0 aliphatic rings. The Morgan fingerprint density at radius 3 is 2.57 bits per heavy atom. The van der Waals surface area contributed by atoms with E-state index in [1.165, 1.54) is 32.8 Å². The van der Waals surface area contributed by atoms with E-state index in [0.717, 1.165) is 12.0 Å². The van der Waals surface area contributed by atoms with Crippen LogP contribution in [0, 0.1) is 0 Å². The number of hydrogen-bond acceptors (Lipinski definition) is 2. The van der Waals surface area contributed by atoms with Gasteiger partial charge >= 0.3 is 5.97 Å². The van der Waals surface area contributed by atoms with E-state index in [0.29, 0.717) is 6.42 Å². The van der Waals surface area contributed by atoms with E-state index in [1.54, 1.807) is 0 Å². The summed E-state index contributed by atoms with van der Waals surface area (Å²) >= 11 is 0. The summed E-state index contributed by atoms with van der Waals surface area (Å²) in [6.45, 7) is 4.19. The van der Waals surface area contributed by atoms with Gasteiger partial charge in [-0.3, -0.25) is 4.79 Å². The summed E-state index contributed by atoms with van der Waals surface area (Å²) in [6.07, 6.45) is 8.76. The molecule has 0 unspecified atom stereocenters. The van der Waals surface area contributed by atoms with Crippen LogP contribution in [0.1, 0.15) is 52.4 Å². The first-order chi connectivity index (χ1) is 6.70. The van der Waals surface area contributed by atoms with Crippen LogP contribution in [0.4, 0.5) is 0 Å². The third-order valence-electron chi connectivity index (χ3n) is 2.20. The molecule has 0 aliphatic heterocycles. The van der Waals surface area contributed by atoms with Gasteiger partial charge in [0.2, 0.25) is 0 Å². The molecule has 0 saturated carbocycles. The molecule has 2 nitrogen and oxygen atoms in total. The Bertz CT molecular complexity index is 183. The van der Waals surface area contributed by atoms with Crippen molar-refractivity contribution in [2.45, 2.75) is 52.4 Å². The van der Waals surface area contributed by atoms with Crippen molar-refractivity contribution in [3.05, 3.63) is 11.6 Å². The van der Waals surface area contributed by atoms with E-state index >= 15 is 0 Å². The largest absolute Gasteiger partial charge is 0.469 e. The van der Waals surface area contributed by atoms with Crippen molar-refractivity contribution >= 4 is 5.97 Å². The average Bonchev–Trinajstić information content (AvgIpc) is 2.17. The van der Waals surface area contributed by atoms with Crippen LogP contribution < -0.4 is 0 Å². The molecule has 82 valence electrons. The zero-order chi connectivity index (χ0) is 10.8. The predicted molar refractivity (Wildman–Crippen MR) is 59.1 cm³/mol. The molecule has 0 N–H and O–H groups in total. The molecule has 0 saturated heterocycles. The molecular formula is C12H22O2. The zero-order valence-corrected chi connectivity index (χ0v) is 9.64.